The third-order valence-electron chi connectivity index (χ3n) is 5.39. The first-order valence-electron chi connectivity index (χ1n) is 10.6. The fraction of sp³-hybridized carbons (Fsp3) is 0.458. The Morgan fingerprint density at radius 1 is 1.19 bits per heavy atom. The number of hydrogen-bond acceptors (Lipinski definition) is 7. The van der Waals surface area contributed by atoms with Crippen LogP contribution in [0.3, 0.4) is 0 Å². The summed E-state index contributed by atoms with van der Waals surface area (Å²) in [6.45, 7) is 6.93. The lowest BCUT2D eigenvalue weighted by molar-refractivity contribution is 0.00676. The van der Waals surface area contributed by atoms with Crippen molar-refractivity contribution in [3.8, 4) is 17.2 Å². The van der Waals surface area contributed by atoms with E-state index in [1.807, 2.05) is 0 Å². The van der Waals surface area contributed by atoms with Crippen LogP contribution in [0.25, 0.3) is 0 Å². The summed E-state index contributed by atoms with van der Waals surface area (Å²) >= 11 is 0. The van der Waals surface area contributed by atoms with Crippen LogP contribution < -0.4 is 9.47 Å². The Morgan fingerprint density at radius 2 is 1.84 bits per heavy atom. The summed E-state index contributed by atoms with van der Waals surface area (Å²) in [5.74, 6) is 0.768. The zero-order valence-electron chi connectivity index (χ0n) is 18.7. The van der Waals surface area contributed by atoms with Gasteiger partial charge < -0.3 is 19.3 Å². The number of carbonyl (C=O) groups excluding carboxylic acids is 1. The largest absolute Gasteiger partial charge is 0.484 e. The van der Waals surface area contributed by atoms with Gasteiger partial charge in [0.15, 0.2) is 9.84 Å². The van der Waals surface area contributed by atoms with Gasteiger partial charge in [-0.3, -0.25) is 0 Å². The van der Waals surface area contributed by atoms with Gasteiger partial charge in [0, 0.05) is 12.0 Å². The molecule has 1 unspecified atom stereocenters. The molecular formula is C24H28O7S. The number of benzene rings is 2. The van der Waals surface area contributed by atoms with Crippen LogP contribution in [0.1, 0.15) is 56.5 Å². The van der Waals surface area contributed by atoms with Gasteiger partial charge in [-0.1, -0.05) is 0 Å². The molecule has 1 saturated carbocycles. The Bertz CT molecular complexity index is 1140. The van der Waals surface area contributed by atoms with Crippen molar-refractivity contribution in [1.29, 1.82) is 0 Å². The minimum atomic E-state index is -3.28. The summed E-state index contributed by atoms with van der Waals surface area (Å²) in [5.41, 5.74) is -0.498. The van der Waals surface area contributed by atoms with E-state index in [0.29, 0.717) is 36.5 Å². The molecule has 1 N–H and O–H groups in total. The van der Waals surface area contributed by atoms with Crippen LogP contribution in [-0.2, 0) is 21.0 Å². The van der Waals surface area contributed by atoms with Crippen LogP contribution in [0.5, 0.6) is 17.2 Å². The SMILES string of the molecule is CC(C)(C)OC(=O)c1cc(Oc2ccc(S(=O)(=O)C3CC3)cc2)c2c(c1)OC(C)(CO)C2. The standard InChI is InChI=1S/C24H28O7S/c1-23(2,3)31-22(26)15-11-20(19-13-24(4,14-25)30-21(19)12-15)29-16-5-7-17(8-6-16)32(27,28)18-9-10-18/h5-8,11-12,18,25H,9-10,13-14H2,1-4H3. The molecule has 2 aromatic carbocycles. The molecule has 0 radical (unpaired) electrons. The molecule has 0 aromatic heterocycles. The average Bonchev–Trinajstić information content (AvgIpc) is 3.50. The quantitative estimate of drug-likeness (QED) is 0.649. The van der Waals surface area contributed by atoms with Crippen molar-refractivity contribution < 1.29 is 32.5 Å². The van der Waals surface area contributed by atoms with Gasteiger partial charge in [0.25, 0.3) is 0 Å². The van der Waals surface area contributed by atoms with Gasteiger partial charge >= 0.3 is 5.97 Å². The predicted octanol–water partition coefficient (Wildman–Crippen LogP) is 4.06. The maximum absolute atomic E-state index is 12.7. The Labute approximate surface area is 188 Å². The van der Waals surface area contributed by atoms with Crippen LogP contribution in [0.4, 0.5) is 0 Å². The zero-order chi connectivity index (χ0) is 23.3. The van der Waals surface area contributed by atoms with Crippen LogP contribution >= 0.6 is 0 Å². The number of aliphatic hydroxyl groups is 1. The zero-order valence-corrected chi connectivity index (χ0v) is 19.5. The molecule has 1 aliphatic carbocycles. The number of sulfone groups is 1. The monoisotopic (exact) mass is 460 g/mol. The second kappa shape index (κ2) is 7.78. The van der Waals surface area contributed by atoms with E-state index in [-0.39, 0.29) is 22.3 Å². The van der Waals surface area contributed by atoms with Crippen molar-refractivity contribution in [1.82, 2.24) is 0 Å². The van der Waals surface area contributed by atoms with E-state index in [9.17, 15) is 18.3 Å². The van der Waals surface area contributed by atoms with Gasteiger partial charge in [-0.15, -0.1) is 0 Å². The highest BCUT2D eigenvalue weighted by molar-refractivity contribution is 7.92. The van der Waals surface area contributed by atoms with E-state index in [1.165, 1.54) is 12.1 Å². The van der Waals surface area contributed by atoms with Crippen molar-refractivity contribution in [2.24, 2.45) is 0 Å². The molecule has 172 valence electrons. The molecule has 4 rings (SSSR count). The smallest absolute Gasteiger partial charge is 0.338 e. The molecule has 2 aromatic rings. The van der Waals surface area contributed by atoms with E-state index in [2.05, 4.69) is 0 Å². The fourth-order valence-corrected chi connectivity index (χ4v) is 5.25. The van der Waals surface area contributed by atoms with E-state index in [0.717, 1.165) is 5.56 Å². The normalized spacial score (nSPS) is 20.4. The van der Waals surface area contributed by atoms with Crippen LogP contribution in [0.2, 0.25) is 0 Å². The summed E-state index contributed by atoms with van der Waals surface area (Å²) < 4.78 is 42.3. The molecule has 1 aliphatic heterocycles. The van der Waals surface area contributed by atoms with E-state index in [4.69, 9.17) is 14.2 Å². The third-order valence-corrected chi connectivity index (χ3v) is 7.67. The van der Waals surface area contributed by atoms with Crippen LogP contribution in [0.15, 0.2) is 41.3 Å². The highest BCUT2D eigenvalue weighted by Crippen LogP contribution is 2.43. The summed E-state index contributed by atoms with van der Waals surface area (Å²) in [6.07, 6.45) is 1.80. The van der Waals surface area contributed by atoms with Crippen molar-refractivity contribution in [2.75, 3.05) is 6.61 Å². The van der Waals surface area contributed by atoms with Gasteiger partial charge in [-0.05, 0) is 76.9 Å². The molecule has 2 aliphatic rings. The first-order valence-corrected chi connectivity index (χ1v) is 12.2. The number of rotatable bonds is 6. The molecule has 0 amide bonds. The first kappa shape index (κ1) is 22.6. The van der Waals surface area contributed by atoms with E-state index < -0.39 is 27.0 Å². The van der Waals surface area contributed by atoms with Gasteiger partial charge in [0.2, 0.25) is 0 Å². The predicted molar refractivity (Wildman–Crippen MR) is 118 cm³/mol. The van der Waals surface area contributed by atoms with Gasteiger partial charge in [0.1, 0.15) is 28.5 Å². The molecule has 0 spiro atoms. The number of fused-ring (bicyclic) bond motifs is 1. The summed E-state index contributed by atoms with van der Waals surface area (Å²) in [4.78, 5) is 12.9. The fourth-order valence-electron chi connectivity index (χ4n) is 3.59. The first-order chi connectivity index (χ1) is 14.9. The van der Waals surface area contributed by atoms with Crippen molar-refractivity contribution >= 4 is 15.8 Å². The Hall–Kier alpha value is -2.58. The minimum absolute atomic E-state index is 0.198. The lowest BCUT2D eigenvalue weighted by Crippen LogP contribution is -2.34. The van der Waals surface area contributed by atoms with Crippen molar-refractivity contribution in [3.05, 3.63) is 47.5 Å². The van der Waals surface area contributed by atoms with Crippen LogP contribution in [-0.4, -0.2) is 42.6 Å². The lowest BCUT2D eigenvalue weighted by atomic mass is 9.98. The molecule has 7 nitrogen and oxygen atoms in total. The molecule has 32 heavy (non-hydrogen) atoms. The van der Waals surface area contributed by atoms with Gasteiger partial charge in [-0.2, -0.15) is 0 Å². The molecule has 1 atom stereocenters. The number of ether oxygens (including phenoxy) is 3. The topological polar surface area (TPSA) is 99.1 Å². The number of carbonyl (C=O) groups is 1. The summed E-state index contributed by atoms with van der Waals surface area (Å²) in [7, 11) is -3.28. The second-order valence-corrected chi connectivity index (χ2v) is 11.9. The van der Waals surface area contributed by atoms with Crippen molar-refractivity contribution in [3.63, 3.8) is 0 Å². The number of esters is 1. The molecule has 1 heterocycles. The molecule has 1 fully saturated rings. The summed E-state index contributed by atoms with van der Waals surface area (Å²) in [5, 5.41) is 9.47. The molecule has 8 heteroatoms. The van der Waals surface area contributed by atoms with E-state index >= 15 is 0 Å². The lowest BCUT2D eigenvalue weighted by Gasteiger charge is -2.21. The number of hydrogen-bond donors (Lipinski definition) is 1. The molecule has 0 saturated heterocycles. The highest BCUT2D eigenvalue weighted by atomic mass is 32.2. The number of aliphatic hydroxyl groups excluding tert-OH is 1. The second-order valence-electron chi connectivity index (χ2n) is 9.66. The van der Waals surface area contributed by atoms with E-state index in [1.54, 1.807) is 52.0 Å². The van der Waals surface area contributed by atoms with Gasteiger partial charge in [0.05, 0.1) is 22.3 Å². The summed E-state index contributed by atoms with van der Waals surface area (Å²) in [6, 6.07) is 9.47. The van der Waals surface area contributed by atoms with Crippen molar-refractivity contribution in [2.45, 2.75) is 68.3 Å². The van der Waals surface area contributed by atoms with Crippen LogP contribution in [0, 0.1) is 0 Å². The highest BCUT2D eigenvalue weighted by Gasteiger charge is 2.38. The maximum atomic E-state index is 12.7. The molecule has 0 bridgehead atoms. The Kier molecular flexibility index (Phi) is 5.49. The Balaban J connectivity index is 1.66. The average molecular weight is 461 g/mol. The van der Waals surface area contributed by atoms with Gasteiger partial charge in [-0.25, -0.2) is 13.2 Å². The minimum Gasteiger partial charge on any atom is -0.484 e. The maximum Gasteiger partial charge on any atom is 0.338 e. The third kappa shape index (κ3) is 4.61. The Morgan fingerprint density at radius 3 is 2.41 bits per heavy atom. The molecular weight excluding hydrogens is 432 g/mol.